The summed E-state index contributed by atoms with van der Waals surface area (Å²) in [5.41, 5.74) is 0.615. The van der Waals surface area contributed by atoms with Gasteiger partial charge in [0.05, 0.1) is 18.0 Å². The van der Waals surface area contributed by atoms with E-state index in [0.717, 1.165) is 4.70 Å². The second kappa shape index (κ2) is 8.98. The highest BCUT2D eigenvalue weighted by Crippen LogP contribution is 2.34. The summed E-state index contributed by atoms with van der Waals surface area (Å²) in [5.74, 6) is -0.433. The maximum atomic E-state index is 14.3. The molecule has 2 aromatic rings. The Morgan fingerprint density at radius 3 is 2.61 bits per heavy atom. The fraction of sp³-hybridized carbons (Fsp3) is 0.500. The average Bonchev–Trinajstić information content (AvgIpc) is 3.01. The fourth-order valence-corrected chi connectivity index (χ4v) is 4.64. The van der Waals surface area contributed by atoms with Gasteiger partial charge in [-0.05, 0) is 26.0 Å². The number of benzene rings is 1. The standard InChI is InChI=1S/C20H26FN3O3S/c1-13(2)22-17(25)11-23-7-9-24(10-8-23)20(26)19-14(12-27-3)18-15(21)5-4-6-16(18)28-19/h4-6,13H,7-12H2,1-3H3,(H,22,25). The lowest BCUT2D eigenvalue weighted by atomic mass is 10.1. The number of halogens is 1. The Labute approximate surface area is 168 Å². The van der Waals surface area contributed by atoms with Crippen LogP contribution in [0.2, 0.25) is 0 Å². The Morgan fingerprint density at radius 1 is 1.25 bits per heavy atom. The van der Waals surface area contributed by atoms with Gasteiger partial charge in [0.1, 0.15) is 5.82 Å². The van der Waals surface area contributed by atoms with E-state index in [0.29, 0.717) is 48.6 Å². The van der Waals surface area contributed by atoms with Crippen molar-refractivity contribution in [1.82, 2.24) is 15.1 Å². The number of fused-ring (bicyclic) bond motifs is 1. The molecule has 2 amide bonds. The minimum Gasteiger partial charge on any atom is -0.380 e. The molecule has 1 aromatic carbocycles. The maximum Gasteiger partial charge on any atom is 0.264 e. The summed E-state index contributed by atoms with van der Waals surface area (Å²) in [6, 6.07) is 5.00. The summed E-state index contributed by atoms with van der Waals surface area (Å²) in [7, 11) is 1.54. The SMILES string of the molecule is COCc1c(C(=O)N2CCN(CC(=O)NC(C)C)CC2)sc2cccc(F)c12. The molecule has 0 radical (unpaired) electrons. The molecule has 28 heavy (non-hydrogen) atoms. The molecule has 0 saturated carbocycles. The highest BCUT2D eigenvalue weighted by Gasteiger charge is 2.28. The molecule has 8 heteroatoms. The molecule has 0 bridgehead atoms. The third kappa shape index (κ3) is 4.51. The van der Waals surface area contributed by atoms with Crippen molar-refractivity contribution in [2.75, 3.05) is 39.8 Å². The van der Waals surface area contributed by atoms with Gasteiger partial charge in [0.2, 0.25) is 5.91 Å². The van der Waals surface area contributed by atoms with Gasteiger partial charge in [0.15, 0.2) is 0 Å². The van der Waals surface area contributed by atoms with E-state index >= 15 is 0 Å². The zero-order valence-electron chi connectivity index (χ0n) is 16.5. The van der Waals surface area contributed by atoms with Gasteiger partial charge in [-0.25, -0.2) is 4.39 Å². The molecule has 1 N–H and O–H groups in total. The molecule has 0 unspecified atom stereocenters. The Morgan fingerprint density at radius 2 is 1.96 bits per heavy atom. The van der Waals surface area contributed by atoms with Gasteiger partial charge in [0.25, 0.3) is 5.91 Å². The molecule has 1 saturated heterocycles. The van der Waals surface area contributed by atoms with Crippen LogP contribution in [-0.4, -0.2) is 67.5 Å². The van der Waals surface area contributed by atoms with Crippen molar-refractivity contribution in [3.8, 4) is 0 Å². The predicted octanol–water partition coefficient (Wildman–Crippen LogP) is 2.47. The number of nitrogens with zero attached hydrogens (tertiary/aromatic N) is 2. The Bertz CT molecular complexity index is 860. The molecule has 1 aliphatic rings. The normalized spacial score (nSPS) is 15.4. The molecule has 2 heterocycles. The van der Waals surface area contributed by atoms with Crippen LogP contribution in [0.3, 0.4) is 0 Å². The van der Waals surface area contributed by atoms with E-state index in [9.17, 15) is 14.0 Å². The van der Waals surface area contributed by atoms with Gasteiger partial charge in [-0.2, -0.15) is 0 Å². The summed E-state index contributed by atoms with van der Waals surface area (Å²) in [6.07, 6.45) is 0. The molecule has 0 aliphatic carbocycles. The third-order valence-corrected chi connectivity index (χ3v) is 5.91. The second-order valence-corrected chi connectivity index (χ2v) is 8.30. The highest BCUT2D eigenvalue weighted by atomic mass is 32.1. The molecule has 6 nitrogen and oxygen atoms in total. The van der Waals surface area contributed by atoms with Crippen LogP contribution in [-0.2, 0) is 16.1 Å². The van der Waals surface area contributed by atoms with Crippen LogP contribution < -0.4 is 5.32 Å². The molecule has 1 fully saturated rings. The van der Waals surface area contributed by atoms with E-state index in [4.69, 9.17) is 4.74 Å². The molecule has 152 valence electrons. The summed E-state index contributed by atoms with van der Waals surface area (Å²) >= 11 is 1.31. The van der Waals surface area contributed by atoms with Crippen molar-refractivity contribution in [3.63, 3.8) is 0 Å². The number of ether oxygens (including phenoxy) is 1. The lowest BCUT2D eigenvalue weighted by molar-refractivity contribution is -0.123. The quantitative estimate of drug-likeness (QED) is 0.799. The molecule has 0 spiro atoms. The van der Waals surface area contributed by atoms with Gasteiger partial charge in [-0.1, -0.05) is 6.07 Å². The van der Waals surface area contributed by atoms with E-state index in [-0.39, 0.29) is 30.3 Å². The first-order valence-corrected chi connectivity index (χ1v) is 10.2. The Kier molecular flexibility index (Phi) is 6.64. The zero-order valence-corrected chi connectivity index (χ0v) is 17.3. The Balaban J connectivity index is 1.71. The zero-order chi connectivity index (χ0) is 20.3. The summed E-state index contributed by atoms with van der Waals surface area (Å²) in [6.45, 7) is 6.74. The first-order valence-electron chi connectivity index (χ1n) is 9.40. The van der Waals surface area contributed by atoms with Crippen molar-refractivity contribution in [3.05, 3.63) is 34.5 Å². The lowest BCUT2D eigenvalue weighted by Gasteiger charge is -2.34. The van der Waals surface area contributed by atoms with Gasteiger partial charge >= 0.3 is 0 Å². The van der Waals surface area contributed by atoms with Crippen molar-refractivity contribution >= 4 is 33.2 Å². The van der Waals surface area contributed by atoms with Crippen molar-refractivity contribution < 1.29 is 18.7 Å². The summed E-state index contributed by atoms with van der Waals surface area (Å²) < 4.78 is 20.3. The van der Waals surface area contributed by atoms with E-state index in [2.05, 4.69) is 5.32 Å². The van der Waals surface area contributed by atoms with Gasteiger partial charge in [0, 0.05) is 55.0 Å². The smallest absolute Gasteiger partial charge is 0.264 e. The number of nitrogens with one attached hydrogen (secondary N) is 1. The molecular formula is C20H26FN3O3S. The van der Waals surface area contributed by atoms with E-state index in [1.165, 1.54) is 17.4 Å². The first-order chi connectivity index (χ1) is 13.4. The van der Waals surface area contributed by atoms with Crippen molar-refractivity contribution in [2.24, 2.45) is 0 Å². The monoisotopic (exact) mass is 407 g/mol. The van der Waals surface area contributed by atoms with Crippen LogP contribution in [0.15, 0.2) is 18.2 Å². The number of carbonyl (C=O) groups is 2. The lowest BCUT2D eigenvalue weighted by Crippen LogP contribution is -2.51. The number of piperazine rings is 1. The van der Waals surface area contributed by atoms with Crippen LogP contribution in [0.1, 0.15) is 29.1 Å². The maximum absolute atomic E-state index is 14.3. The van der Waals surface area contributed by atoms with Crippen molar-refractivity contribution in [1.29, 1.82) is 0 Å². The van der Waals surface area contributed by atoms with Crippen LogP contribution >= 0.6 is 11.3 Å². The van der Waals surface area contributed by atoms with Crippen LogP contribution in [0.5, 0.6) is 0 Å². The highest BCUT2D eigenvalue weighted by molar-refractivity contribution is 7.21. The minimum atomic E-state index is -0.333. The number of rotatable bonds is 6. The number of methoxy groups -OCH3 is 1. The third-order valence-electron chi connectivity index (χ3n) is 4.72. The molecule has 3 rings (SSSR count). The number of thiophene rings is 1. The summed E-state index contributed by atoms with van der Waals surface area (Å²) in [4.78, 5) is 29.4. The first kappa shape index (κ1) is 20.7. The van der Waals surface area contributed by atoms with E-state index in [1.807, 2.05) is 24.8 Å². The average molecular weight is 408 g/mol. The number of amides is 2. The molecular weight excluding hydrogens is 381 g/mol. The number of hydrogen-bond acceptors (Lipinski definition) is 5. The second-order valence-electron chi connectivity index (χ2n) is 7.25. The molecule has 0 atom stereocenters. The number of carbonyl (C=O) groups excluding carboxylic acids is 2. The van der Waals surface area contributed by atoms with Gasteiger partial charge in [-0.15, -0.1) is 11.3 Å². The largest absolute Gasteiger partial charge is 0.380 e. The van der Waals surface area contributed by atoms with E-state index < -0.39 is 0 Å². The van der Waals surface area contributed by atoms with Crippen LogP contribution in [0, 0.1) is 5.82 Å². The van der Waals surface area contributed by atoms with Gasteiger partial charge in [-0.3, -0.25) is 14.5 Å². The van der Waals surface area contributed by atoms with Crippen LogP contribution in [0.4, 0.5) is 4.39 Å². The van der Waals surface area contributed by atoms with Gasteiger partial charge < -0.3 is 15.0 Å². The molecule has 1 aliphatic heterocycles. The predicted molar refractivity (Wildman–Crippen MR) is 108 cm³/mol. The topological polar surface area (TPSA) is 61.9 Å². The Hall–Kier alpha value is -2.03. The minimum absolute atomic E-state index is 0.00265. The molecule has 1 aromatic heterocycles. The van der Waals surface area contributed by atoms with Crippen LogP contribution in [0.25, 0.3) is 10.1 Å². The summed E-state index contributed by atoms with van der Waals surface area (Å²) in [5, 5.41) is 3.36. The number of hydrogen-bond donors (Lipinski definition) is 1. The van der Waals surface area contributed by atoms with E-state index in [1.54, 1.807) is 18.1 Å². The fourth-order valence-electron chi connectivity index (χ4n) is 3.45. The van der Waals surface area contributed by atoms with Crippen molar-refractivity contribution in [2.45, 2.75) is 26.5 Å².